The third-order valence-corrected chi connectivity index (χ3v) is 4.77. The third-order valence-electron chi connectivity index (χ3n) is 3.73. The SMILES string of the molecule is Cc1cc(Br)cc(Br)c1OC(=O)COc1ccc(-c2ccccc2)cc1. The highest BCUT2D eigenvalue weighted by Gasteiger charge is 2.12. The Balaban J connectivity index is 1.60. The molecule has 0 radical (unpaired) electrons. The van der Waals surface area contributed by atoms with E-state index >= 15 is 0 Å². The molecule has 0 amide bonds. The Labute approximate surface area is 169 Å². The Bertz CT molecular complexity index is 883. The number of hydrogen-bond acceptors (Lipinski definition) is 3. The van der Waals surface area contributed by atoms with Gasteiger partial charge in [-0.3, -0.25) is 0 Å². The predicted octanol–water partition coefficient (Wildman–Crippen LogP) is 6.17. The molecule has 0 bridgehead atoms. The quantitative estimate of drug-likeness (QED) is 0.327. The van der Waals surface area contributed by atoms with Crippen LogP contribution in [0.3, 0.4) is 0 Å². The molecule has 0 aliphatic rings. The summed E-state index contributed by atoms with van der Waals surface area (Å²) < 4.78 is 12.6. The van der Waals surface area contributed by atoms with Crippen LogP contribution < -0.4 is 9.47 Å². The van der Waals surface area contributed by atoms with Gasteiger partial charge in [-0.25, -0.2) is 4.79 Å². The fraction of sp³-hybridized carbons (Fsp3) is 0.0952. The summed E-state index contributed by atoms with van der Waals surface area (Å²) >= 11 is 6.81. The zero-order chi connectivity index (χ0) is 18.5. The average molecular weight is 476 g/mol. The van der Waals surface area contributed by atoms with Crippen molar-refractivity contribution in [3.8, 4) is 22.6 Å². The molecule has 0 spiro atoms. The molecule has 5 heteroatoms. The van der Waals surface area contributed by atoms with E-state index < -0.39 is 5.97 Å². The number of carbonyl (C=O) groups excluding carboxylic acids is 1. The molecule has 0 saturated carbocycles. The highest BCUT2D eigenvalue weighted by atomic mass is 79.9. The molecule has 0 aliphatic carbocycles. The molecule has 3 rings (SSSR count). The van der Waals surface area contributed by atoms with Gasteiger partial charge < -0.3 is 9.47 Å². The smallest absolute Gasteiger partial charge is 0.349 e. The first-order valence-corrected chi connectivity index (χ1v) is 9.56. The number of hydrogen-bond donors (Lipinski definition) is 0. The minimum atomic E-state index is -0.455. The number of carbonyl (C=O) groups is 1. The molecule has 3 aromatic rings. The van der Waals surface area contributed by atoms with Gasteiger partial charge in [-0.2, -0.15) is 0 Å². The summed E-state index contributed by atoms with van der Waals surface area (Å²) in [6, 6.07) is 21.4. The van der Waals surface area contributed by atoms with Crippen LogP contribution in [0.2, 0.25) is 0 Å². The third kappa shape index (κ3) is 4.74. The molecule has 0 atom stereocenters. The summed E-state index contributed by atoms with van der Waals surface area (Å²) in [5, 5.41) is 0. The monoisotopic (exact) mass is 474 g/mol. The van der Waals surface area contributed by atoms with Crippen molar-refractivity contribution < 1.29 is 14.3 Å². The van der Waals surface area contributed by atoms with Gasteiger partial charge in [0.05, 0.1) is 4.47 Å². The first kappa shape index (κ1) is 18.7. The van der Waals surface area contributed by atoms with Gasteiger partial charge in [-0.1, -0.05) is 58.4 Å². The average Bonchev–Trinajstić information content (AvgIpc) is 2.64. The van der Waals surface area contributed by atoms with Crippen molar-refractivity contribution in [2.75, 3.05) is 6.61 Å². The lowest BCUT2D eigenvalue weighted by atomic mass is 10.1. The lowest BCUT2D eigenvalue weighted by Crippen LogP contribution is -2.18. The Hall–Kier alpha value is -2.11. The molecule has 0 N–H and O–H groups in total. The summed E-state index contributed by atoms with van der Waals surface area (Å²) in [7, 11) is 0. The fourth-order valence-electron chi connectivity index (χ4n) is 2.48. The van der Waals surface area contributed by atoms with E-state index in [2.05, 4.69) is 31.9 Å². The van der Waals surface area contributed by atoms with Gasteiger partial charge in [0.15, 0.2) is 6.61 Å². The molecule has 0 heterocycles. The van der Waals surface area contributed by atoms with E-state index in [4.69, 9.17) is 9.47 Å². The van der Waals surface area contributed by atoms with E-state index in [1.807, 2.05) is 73.7 Å². The zero-order valence-electron chi connectivity index (χ0n) is 14.0. The molecule has 0 fully saturated rings. The van der Waals surface area contributed by atoms with E-state index in [-0.39, 0.29) is 6.61 Å². The summed E-state index contributed by atoms with van der Waals surface area (Å²) in [4.78, 5) is 12.1. The van der Waals surface area contributed by atoms with Crippen molar-refractivity contribution in [1.82, 2.24) is 0 Å². The minimum Gasteiger partial charge on any atom is -0.482 e. The van der Waals surface area contributed by atoms with Crippen molar-refractivity contribution in [3.63, 3.8) is 0 Å². The number of ether oxygens (including phenoxy) is 2. The van der Waals surface area contributed by atoms with Crippen molar-refractivity contribution in [2.45, 2.75) is 6.92 Å². The summed E-state index contributed by atoms with van der Waals surface area (Å²) in [5.41, 5.74) is 3.08. The fourth-order valence-corrected chi connectivity index (χ4v) is 4.00. The van der Waals surface area contributed by atoms with Gasteiger partial charge in [0.1, 0.15) is 11.5 Å². The second kappa shape index (κ2) is 8.52. The van der Waals surface area contributed by atoms with Gasteiger partial charge in [-0.05, 0) is 63.8 Å². The summed E-state index contributed by atoms with van der Waals surface area (Å²) in [6.07, 6.45) is 0. The normalized spacial score (nSPS) is 10.4. The van der Waals surface area contributed by atoms with Crippen molar-refractivity contribution in [3.05, 3.63) is 81.2 Å². The number of aryl methyl sites for hydroxylation is 1. The molecule has 0 unspecified atom stereocenters. The molecular weight excluding hydrogens is 460 g/mol. The molecule has 26 heavy (non-hydrogen) atoms. The highest BCUT2D eigenvalue weighted by molar-refractivity contribution is 9.11. The Morgan fingerprint density at radius 2 is 1.58 bits per heavy atom. The van der Waals surface area contributed by atoms with Crippen molar-refractivity contribution in [2.24, 2.45) is 0 Å². The summed E-state index contributed by atoms with van der Waals surface area (Å²) in [6.45, 7) is 1.72. The Morgan fingerprint density at radius 1 is 0.923 bits per heavy atom. The topological polar surface area (TPSA) is 35.5 Å². The second-order valence-corrected chi connectivity index (χ2v) is 7.46. The van der Waals surface area contributed by atoms with Crippen LogP contribution >= 0.6 is 31.9 Å². The van der Waals surface area contributed by atoms with E-state index in [1.54, 1.807) is 0 Å². The maximum atomic E-state index is 12.1. The predicted molar refractivity (Wildman–Crippen MR) is 110 cm³/mol. The number of benzene rings is 3. The maximum absolute atomic E-state index is 12.1. The maximum Gasteiger partial charge on any atom is 0.349 e. The number of rotatable bonds is 5. The summed E-state index contributed by atoms with van der Waals surface area (Å²) in [5.74, 6) is 0.665. The van der Waals surface area contributed by atoms with Crippen LogP contribution in [0, 0.1) is 6.92 Å². The molecule has 132 valence electrons. The van der Waals surface area contributed by atoms with Gasteiger partial charge in [0.2, 0.25) is 0 Å². The van der Waals surface area contributed by atoms with Crippen LogP contribution in [-0.4, -0.2) is 12.6 Å². The van der Waals surface area contributed by atoms with Crippen LogP contribution in [0.25, 0.3) is 11.1 Å². The van der Waals surface area contributed by atoms with Gasteiger partial charge in [0.25, 0.3) is 0 Å². The Kier molecular flexibility index (Phi) is 6.12. The van der Waals surface area contributed by atoms with Crippen molar-refractivity contribution in [1.29, 1.82) is 0 Å². The lowest BCUT2D eigenvalue weighted by molar-refractivity contribution is -0.136. The molecular formula is C21H16Br2O3. The largest absolute Gasteiger partial charge is 0.482 e. The first-order chi connectivity index (χ1) is 12.5. The molecule has 3 nitrogen and oxygen atoms in total. The van der Waals surface area contributed by atoms with E-state index in [0.29, 0.717) is 16.0 Å². The number of esters is 1. The minimum absolute atomic E-state index is 0.160. The highest BCUT2D eigenvalue weighted by Crippen LogP contribution is 2.32. The molecule has 3 aromatic carbocycles. The second-order valence-electron chi connectivity index (χ2n) is 5.69. The molecule has 0 aliphatic heterocycles. The van der Waals surface area contributed by atoms with E-state index in [9.17, 15) is 4.79 Å². The standard InChI is InChI=1S/C21H16Br2O3/c1-14-11-17(22)12-19(23)21(14)26-20(24)13-25-18-9-7-16(8-10-18)15-5-3-2-4-6-15/h2-12H,13H2,1H3. The van der Waals surface area contributed by atoms with Gasteiger partial charge in [-0.15, -0.1) is 0 Å². The number of halogens is 2. The zero-order valence-corrected chi connectivity index (χ0v) is 17.2. The molecule has 0 saturated heterocycles. The van der Waals surface area contributed by atoms with Crippen LogP contribution in [0.1, 0.15) is 5.56 Å². The lowest BCUT2D eigenvalue weighted by Gasteiger charge is -2.11. The van der Waals surface area contributed by atoms with Gasteiger partial charge >= 0.3 is 5.97 Å². The van der Waals surface area contributed by atoms with Gasteiger partial charge in [0, 0.05) is 4.47 Å². The van der Waals surface area contributed by atoms with Crippen LogP contribution in [0.15, 0.2) is 75.7 Å². The van der Waals surface area contributed by atoms with E-state index in [0.717, 1.165) is 21.2 Å². The van der Waals surface area contributed by atoms with Crippen LogP contribution in [0.4, 0.5) is 0 Å². The first-order valence-electron chi connectivity index (χ1n) is 7.97. The molecule has 0 aromatic heterocycles. The Morgan fingerprint density at radius 3 is 2.23 bits per heavy atom. The van der Waals surface area contributed by atoms with Crippen LogP contribution in [-0.2, 0) is 4.79 Å². The van der Waals surface area contributed by atoms with Crippen molar-refractivity contribution >= 4 is 37.8 Å². The van der Waals surface area contributed by atoms with E-state index in [1.165, 1.54) is 0 Å². The van der Waals surface area contributed by atoms with Crippen LogP contribution in [0.5, 0.6) is 11.5 Å².